The smallest absolute Gasteiger partial charge is 0.265 e. The Kier molecular flexibility index (Phi) is 4.90. The van der Waals surface area contributed by atoms with Gasteiger partial charge in [0, 0.05) is 11.3 Å². The molecule has 4 rings (SSSR count). The van der Waals surface area contributed by atoms with Crippen LogP contribution in [-0.4, -0.2) is 15.9 Å². The number of aryl methyl sites for hydroxylation is 3. The number of aromatic nitrogens is 2. The van der Waals surface area contributed by atoms with Crippen molar-refractivity contribution in [3.63, 3.8) is 0 Å². The lowest BCUT2D eigenvalue weighted by Gasteiger charge is -2.18. The van der Waals surface area contributed by atoms with Crippen LogP contribution in [0, 0.1) is 13.8 Å². The maximum absolute atomic E-state index is 12.3. The number of thiophene rings is 1. The minimum Gasteiger partial charge on any atom is -0.439 e. The fraction of sp³-hybridized carbons (Fsp3) is 0.286. The molecule has 0 aliphatic heterocycles. The van der Waals surface area contributed by atoms with Crippen molar-refractivity contribution in [1.29, 1.82) is 0 Å². The van der Waals surface area contributed by atoms with Gasteiger partial charge in [-0.1, -0.05) is 0 Å². The van der Waals surface area contributed by atoms with Crippen LogP contribution >= 0.6 is 11.3 Å². The van der Waals surface area contributed by atoms with Crippen molar-refractivity contribution < 1.29 is 9.53 Å². The quantitative estimate of drug-likeness (QED) is 0.687. The molecule has 0 saturated heterocycles. The number of nitrogens with zero attached hydrogens (tertiary/aromatic N) is 2. The first-order valence-corrected chi connectivity index (χ1v) is 9.98. The molecule has 0 spiro atoms. The summed E-state index contributed by atoms with van der Waals surface area (Å²) < 4.78 is 6.05. The zero-order valence-electron chi connectivity index (χ0n) is 15.4. The lowest BCUT2D eigenvalue weighted by Crippen LogP contribution is -2.11. The zero-order chi connectivity index (χ0) is 18.8. The van der Waals surface area contributed by atoms with Crippen LogP contribution in [0.3, 0.4) is 0 Å². The van der Waals surface area contributed by atoms with Crippen LogP contribution in [-0.2, 0) is 12.8 Å². The summed E-state index contributed by atoms with van der Waals surface area (Å²) in [5.74, 6) is 2.01. The number of amides is 1. The molecule has 0 radical (unpaired) electrons. The standard InChI is InChI=1S/C21H21N3O2S/c1-13-11-12-27-19(13)20(25)24-15-7-9-16(10-8-15)26-21-17-5-3-4-6-18(17)22-14(2)23-21/h7-12H,3-6H2,1-2H3,(H,24,25). The van der Waals surface area contributed by atoms with E-state index in [0.29, 0.717) is 11.6 Å². The van der Waals surface area contributed by atoms with Crippen LogP contribution in [0.1, 0.15) is 45.2 Å². The van der Waals surface area contributed by atoms with Gasteiger partial charge in [-0.15, -0.1) is 11.3 Å². The van der Waals surface area contributed by atoms with E-state index in [1.54, 1.807) is 0 Å². The zero-order valence-corrected chi connectivity index (χ0v) is 16.2. The molecule has 0 unspecified atom stereocenters. The van der Waals surface area contributed by atoms with E-state index in [1.807, 2.05) is 49.6 Å². The van der Waals surface area contributed by atoms with E-state index in [4.69, 9.17) is 4.74 Å². The highest BCUT2D eigenvalue weighted by Gasteiger charge is 2.18. The second kappa shape index (κ2) is 7.48. The molecule has 0 bridgehead atoms. The predicted molar refractivity (Wildman–Crippen MR) is 107 cm³/mol. The lowest BCUT2D eigenvalue weighted by atomic mass is 9.97. The molecular formula is C21H21N3O2S. The van der Waals surface area contributed by atoms with E-state index in [-0.39, 0.29) is 5.91 Å². The first kappa shape index (κ1) is 17.7. The highest BCUT2D eigenvalue weighted by Crippen LogP contribution is 2.31. The Labute approximate surface area is 162 Å². The number of ether oxygens (including phenoxy) is 1. The van der Waals surface area contributed by atoms with Gasteiger partial charge in [-0.05, 0) is 80.8 Å². The summed E-state index contributed by atoms with van der Waals surface area (Å²) in [6, 6.07) is 9.33. The van der Waals surface area contributed by atoms with Gasteiger partial charge in [-0.3, -0.25) is 4.79 Å². The average molecular weight is 379 g/mol. The maximum atomic E-state index is 12.3. The number of benzene rings is 1. The molecule has 1 aliphatic carbocycles. The van der Waals surface area contributed by atoms with Crippen molar-refractivity contribution in [2.45, 2.75) is 39.5 Å². The number of carbonyl (C=O) groups excluding carboxylic acids is 1. The summed E-state index contributed by atoms with van der Waals surface area (Å²) >= 11 is 1.45. The molecule has 138 valence electrons. The lowest BCUT2D eigenvalue weighted by molar-refractivity contribution is 0.103. The Morgan fingerprint density at radius 3 is 2.59 bits per heavy atom. The summed E-state index contributed by atoms with van der Waals surface area (Å²) in [5, 5.41) is 4.85. The Morgan fingerprint density at radius 2 is 1.85 bits per heavy atom. The SMILES string of the molecule is Cc1nc2c(c(Oc3ccc(NC(=O)c4sccc4C)cc3)n1)CCCC2. The Morgan fingerprint density at radius 1 is 1.07 bits per heavy atom. The molecule has 1 N–H and O–H groups in total. The van der Waals surface area contributed by atoms with Gasteiger partial charge in [0.05, 0.1) is 10.6 Å². The molecule has 2 aromatic heterocycles. The van der Waals surface area contributed by atoms with Crippen molar-refractivity contribution in [2.24, 2.45) is 0 Å². The van der Waals surface area contributed by atoms with Crippen LogP contribution in [0.5, 0.6) is 11.6 Å². The second-order valence-corrected chi connectivity index (χ2v) is 7.64. The second-order valence-electron chi connectivity index (χ2n) is 6.72. The van der Waals surface area contributed by atoms with Crippen LogP contribution in [0.4, 0.5) is 5.69 Å². The molecule has 0 atom stereocenters. The number of rotatable bonds is 4. The van der Waals surface area contributed by atoms with Gasteiger partial charge >= 0.3 is 0 Å². The average Bonchev–Trinajstić information content (AvgIpc) is 3.09. The van der Waals surface area contributed by atoms with Gasteiger partial charge in [-0.25, -0.2) is 4.98 Å². The van der Waals surface area contributed by atoms with E-state index in [9.17, 15) is 4.79 Å². The molecule has 2 heterocycles. The number of nitrogens with one attached hydrogen (secondary N) is 1. The Bertz CT molecular complexity index is 980. The first-order chi connectivity index (χ1) is 13.1. The molecule has 1 aromatic carbocycles. The van der Waals surface area contributed by atoms with E-state index < -0.39 is 0 Å². The molecule has 27 heavy (non-hydrogen) atoms. The van der Waals surface area contributed by atoms with Gasteiger partial charge in [-0.2, -0.15) is 4.98 Å². The van der Waals surface area contributed by atoms with E-state index in [1.165, 1.54) is 17.8 Å². The normalized spacial score (nSPS) is 13.1. The number of hydrogen-bond acceptors (Lipinski definition) is 5. The topological polar surface area (TPSA) is 64.1 Å². The van der Waals surface area contributed by atoms with Crippen molar-refractivity contribution in [3.8, 4) is 11.6 Å². The third kappa shape index (κ3) is 3.85. The third-order valence-corrected chi connectivity index (χ3v) is 5.67. The van der Waals surface area contributed by atoms with Gasteiger partial charge < -0.3 is 10.1 Å². The summed E-state index contributed by atoms with van der Waals surface area (Å²) in [6.07, 6.45) is 4.26. The summed E-state index contributed by atoms with van der Waals surface area (Å²) in [4.78, 5) is 22.1. The highest BCUT2D eigenvalue weighted by atomic mass is 32.1. The molecule has 5 nitrogen and oxygen atoms in total. The van der Waals surface area contributed by atoms with Crippen LogP contribution < -0.4 is 10.1 Å². The van der Waals surface area contributed by atoms with Gasteiger partial charge in [0.1, 0.15) is 11.6 Å². The number of anilines is 1. The molecule has 1 aliphatic rings. The van der Waals surface area contributed by atoms with Gasteiger partial charge in [0.25, 0.3) is 5.91 Å². The predicted octanol–water partition coefficient (Wildman–Crippen LogP) is 5.08. The minimum absolute atomic E-state index is 0.0864. The Hall–Kier alpha value is -2.73. The summed E-state index contributed by atoms with van der Waals surface area (Å²) in [7, 11) is 0. The number of carbonyl (C=O) groups is 1. The molecule has 0 fully saturated rings. The van der Waals surface area contributed by atoms with Crippen molar-refractivity contribution in [2.75, 3.05) is 5.32 Å². The first-order valence-electron chi connectivity index (χ1n) is 9.10. The van der Waals surface area contributed by atoms with Crippen LogP contribution in [0.2, 0.25) is 0 Å². The fourth-order valence-electron chi connectivity index (χ4n) is 3.27. The number of hydrogen-bond donors (Lipinski definition) is 1. The fourth-order valence-corrected chi connectivity index (χ4v) is 4.09. The van der Waals surface area contributed by atoms with E-state index >= 15 is 0 Å². The largest absolute Gasteiger partial charge is 0.439 e. The number of fused-ring (bicyclic) bond motifs is 1. The Balaban J connectivity index is 1.50. The molecular weight excluding hydrogens is 358 g/mol. The molecule has 0 saturated carbocycles. The monoisotopic (exact) mass is 379 g/mol. The van der Waals surface area contributed by atoms with Crippen molar-refractivity contribution in [3.05, 3.63) is 63.2 Å². The van der Waals surface area contributed by atoms with Crippen LogP contribution in [0.25, 0.3) is 0 Å². The molecule has 3 aromatic rings. The highest BCUT2D eigenvalue weighted by molar-refractivity contribution is 7.12. The summed E-state index contributed by atoms with van der Waals surface area (Å²) in [6.45, 7) is 3.83. The van der Waals surface area contributed by atoms with Gasteiger partial charge in [0.15, 0.2) is 0 Å². The van der Waals surface area contributed by atoms with Crippen LogP contribution in [0.15, 0.2) is 35.7 Å². The van der Waals surface area contributed by atoms with Gasteiger partial charge in [0.2, 0.25) is 5.88 Å². The van der Waals surface area contributed by atoms with Crippen molar-refractivity contribution >= 4 is 22.9 Å². The van der Waals surface area contributed by atoms with E-state index in [0.717, 1.165) is 52.5 Å². The van der Waals surface area contributed by atoms with E-state index in [2.05, 4.69) is 15.3 Å². The summed E-state index contributed by atoms with van der Waals surface area (Å²) in [5.41, 5.74) is 3.96. The maximum Gasteiger partial charge on any atom is 0.265 e. The molecule has 1 amide bonds. The third-order valence-electron chi connectivity index (χ3n) is 4.65. The minimum atomic E-state index is -0.0864. The van der Waals surface area contributed by atoms with Crippen molar-refractivity contribution in [1.82, 2.24) is 9.97 Å². The molecule has 6 heteroatoms.